The number of rotatable bonds is 3. The molecule has 1 N–H and O–H groups in total. The summed E-state index contributed by atoms with van der Waals surface area (Å²) in [4.78, 5) is 19.4. The molecule has 5 heteroatoms. The molecule has 1 saturated heterocycles. The number of fused-ring (bicyclic) bond motifs is 1. The van der Waals surface area contributed by atoms with Crippen molar-refractivity contribution in [3.63, 3.8) is 0 Å². The summed E-state index contributed by atoms with van der Waals surface area (Å²) in [5.74, 6) is 0.975. The van der Waals surface area contributed by atoms with Gasteiger partial charge in [0.1, 0.15) is 5.52 Å². The second-order valence-electron chi connectivity index (χ2n) is 7.60. The van der Waals surface area contributed by atoms with Crippen molar-refractivity contribution >= 4 is 23.0 Å². The quantitative estimate of drug-likeness (QED) is 0.924. The Labute approximate surface area is 148 Å². The summed E-state index contributed by atoms with van der Waals surface area (Å²) >= 11 is 0. The van der Waals surface area contributed by atoms with Crippen LogP contribution in [0.15, 0.2) is 28.7 Å². The Bertz CT molecular complexity index is 700. The van der Waals surface area contributed by atoms with Crippen LogP contribution in [-0.2, 0) is 4.79 Å². The Hall–Kier alpha value is -2.04. The Kier molecular flexibility index (Phi) is 4.64. The van der Waals surface area contributed by atoms with Crippen molar-refractivity contribution in [2.75, 3.05) is 18.0 Å². The number of aromatic nitrogens is 1. The van der Waals surface area contributed by atoms with Crippen molar-refractivity contribution in [2.45, 2.75) is 51.5 Å². The number of amides is 1. The molecule has 1 aliphatic carbocycles. The van der Waals surface area contributed by atoms with Crippen LogP contribution in [0.25, 0.3) is 11.1 Å². The number of para-hydroxylation sites is 2. The fraction of sp³-hybridized carbons (Fsp3) is 0.600. The van der Waals surface area contributed by atoms with E-state index < -0.39 is 0 Å². The van der Waals surface area contributed by atoms with Crippen LogP contribution in [0.1, 0.15) is 45.4 Å². The maximum atomic E-state index is 12.6. The molecule has 2 aromatic rings. The molecule has 4 rings (SSSR count). The number of benzene rings is 1. The van der Waals surface area contributed by atoms with Crippen LogP contribution in [-0.4, -0.2) is 30.0 Å². The lowest BCUT2D eigenvalue weighted by atomic mass is 9.85. The summed E-state index contributed by atoms with van der Waals surface area (Å²) in [6.45, 7) is 3.91. The Balaban J connectivity index is 1.33. The van der Waals surface area contributed by atoms with E-state index in [1.807, 2.05) is 24.3 Å². The molecule has 1 aliphatic heterocycles. The lowest BCUT2D eigenvalue weighted by Crippen LogP contribution is -2.46. The van der Waals surface area contributed by atoms with E-state index in [1.54, 1.807) is 0 Å². The zero-order valence-electron chi connectivity index (χ0n) is 14.9. The van der Waals surface area contributed by atoms with Gasteiger partial charge in [-0.2, -0.15) is 4.98 Å². The van der Waals surface area contributed by atoms with Gasteiger partial charge in [-0.1, -0.05) is 31.9 Å². The number of oxazole rings is 1. The van der Waals surface area contributed by atoms with Crippen LogP contribution in [0.3, 0.4) is 0 Å². The second-order valence-corrected chi connectivity index (χ2v) is 7.60. The summed E-state index contributed by atoms with van der Waals surface area (Å²) in [6, 6.07) is 8.89. The third-order valence-electron chi connectivity index (χ3n) is 5.86. The molecule has 1 saturated carbocycles. The van der Waals surface area contributed by atoms with Gasteiger partial charge >= 0.3 is 0 Å². The van der Waals surface area contributed by atoms with Gasteiger partial charge in [-0.3, -0.25) is 4.79 Å². The third kappa shape index (κ3) is 3.51. The van der Waals surface area contributed by atoms with Crippen molar-refractivity contribution in [1.29, 1.82) is 0 Å². The maximum Gasteiger partial charge on any atom is 0.298 e. The molecule has 0 spiro atoms. The molecule has 1 aromatic carbocycles. The minimum atomic E-state index is 0.120. The van der Waals surface area contributed by atoms with E-state index in [-0.39, 0.29) is 11.8 Å². The predicted octanol–water partition coefficient (Wildman–Crippen LogP) is 3.74. The van der Waals surface area contributed by atoms with Crippen LogP contribution < -0.4 is 10.2 Å². The van der Waals surface area contributed by atoms with Crippen LogP contribution >= 0.6 is 0 Å². The molecular weight excluding hydrogens is 314 g/mol. The number of anilines is 1. The molecule has 1 amide bonds. The highest BCUT2D eigenvalue weighted by Crippen LogP contribution is 2.28. The zero-order valence-corrected chi connectivity index (χ0v) is 14.9. The lowest BCUT2D eigenvalue weighted by Gasteiger charge is -2.34. The largest absolute Gasteiger partial charge is 0.423 e. The van der Waals surface area contributed by atoms with E-state index in [0.29, 0.717) is 18.0 Å². The monoisotopic (exact) mass is 341 g/mol. The van der Waals surface area contributed by atoms with Crippen LogP contribution in [0, 0.1) is 11.8 Å². The normalized spacial score (nSPS) is 25.2. The van der Waals surface area contributed by atoms with Crippen molar-refractivity contribution in [3.05, 3.63) is 24.3 Å². The van der Waals surface area contributed by atoms with Gasteiger partial charge in [0.25, 0.3) is 6.01 Å². The van der Waals surface area contributed by atoms with E-state index in [0.717, 1.165) is 43.5 Å². The Morgan fingerprint density at radius 1 is 1.16 bits per heavy atom. The predicted molar refractivity (Wildman–Crippen MR) is 98.5 cm³/mol. The first-order valence-electron chi connectivity index (χ1n) is 9.61. The fourth-order valence-electron chi connectivity index (χ4n) is 4.16. The molecule has 0 unspecified atom stereocenters. The van der Waals surface area contributed by atoms with Gasteiger partial charge in [0.05, 0.1) is 0 Å². The van der Waals surface area contributed by atoms with Gasteiger partial charge in [-0.05, 0) is 43.7 Å². The van der Waals surface area contributed by atoms with Gasteiger partial charge in [0.2, 0.25) is 5.91 Å². The molecule has 0 radical (unpaired) electrons. The van der Waals surface area contributed by atoms with E-state index in [1.165, 1.54) is 19.3 Å². The van der Waals surface area contributed by atoms with Crippen LogP contribution in [0.4, 0.5) is 6.01 Å². The van der Waals surface area contributed by atoms with Crippen molar-refractivity contribution < 1.29 is 9.21 Å². The van der Waals surface area contributed by atoms with Crippen molar-refractivity contribution in [2.24, 2.45) is 11.8 Å². The number of hydrogen-bond acceptors (Lipinski definition) is 4. The molecule has 2 heterocycles. The van der Waals surface area contributed by atoms with Gasteiger partial charge in [0.15, 0.2) is 5.58 Å². The average molecular weight is 341 g/mol. The highest BCUT2D eigenvalue weighted by molar-refractivity contribution is 5.79. The molecule has 0 bridgehead atoms. The van der Waals surface area contributed by atoms with Crippen LogP contribution in [0.2, 0.25) is 0 Å². The van der Waals surface area contributed by atoms with E-state index in [9.17, 15) is 4.79 Å². The Morgan fingerprint density at radius 3 is 2.68 bits per heavy atom. The molecule has 134 valence electrons. The van der Waals surface area contributed by atoms with E-state index in [2.05, 4.69) is 22.1 Å². The zero-order chi connectivity index (χ0) is 17.2. The second kappa shape index (κ2) is 7.06. The molecule has 2 fully saturated rings. The minimum absolute atomic E-state index is 0.120. The van der Waals surface area contributed by atoms with Crippen molar-refractivity contribution in [1.82, 2.24) is 10.3 Å². The topological polar surface area (TPSA) is 58.4 Å². The standard InChI is InChI=1S/C20H27N3O2/c1-14-6-2-3-7-16(14)21-19(24)15-10-12-23(13-11-15)20-22-17-8-4-5-9-18(17)25-20/h4-5,8-9,14-16H,2-3,6-7,10-13H2,1H3,(H,21,24)/t14-,16+/m0/s1. The summed E-state index contributed by atoms with van der Waals surface area (Å²) in [5.41, 5.74) is 1.72. The summed E-state index contributed by atoms with van der Waals surface area (Å²) < 4.78 is 5.85. The number of carbonyl (C=O) groups excluding carboxylic acids is 1. The Morgan fingerprint density at radius 2 is 1.92 bits per heavy atom. The lowest BCUT2D eigenvalue weighted by molar-refractivity contribution is -0.126. The highest BCUT2D eigenvalue weighted by atomic mass is 16.4. The molecule has 2 atom stereocenters. The number of hydrogen-bond donors (Lipinski definition) is 1. The van der Waals surface area contributed by atoms with Gasteiger partial charge in [-0.25, -0.2) is 0 Å². The molecular formula is C20H27N3O2. The first-order valence-corrected chi connectivity index (χ1v) is 9.61. The maximum absolute atomic E-state index is 12.6. The van der Waals surface area contributed by atoms with E-state index in [4.69, 9.17) is 4.42 Å². The summed E-state index contributed by atoms with van der Waals surface area (Å²) in [6.07, 6.45) is 6.65. The smallest absolute Gasteiger partial charge is 0.298 e. The first kappa shape index (κ1) is 16.4. The molecule has 1 aromatic heterocycles. The number of piperidine rings is 1. The number of nitrogens with one attached hydrogen (secondary N) is 1. The average Bonchev–Trinajstić information content (AvgIpc) is 3.08. The molecule has 5 nitrogen and oxygen atoms in total. The van der Waals surface area contributed by atoms with Gasteiger partial charge < -0.3 is 14.6 Å². The van der Waals surface area contributed by atoms with Crippen LogP contribution in [0.5, 0.6) is 0 Å². The highest BCUT2D eigenvalue weighted by Gasteiger charge is 2.30. The number of nitrogens with zero attached hydrogens (tertiary/aromatic N) is 2. The molecule has 25 heavy (non-hydrogen) atoms. The SMILES string of the molecule is C[C@H]1CCCC[C@H]1NC(=O)C1CCN(c2nc3ccccc3o2)CC1. The third-order valence-corrected chi connectivity index (χ3v) is 5.86. The molecule has 2 aliphatic rings. The first-order chi connectivity index (χ1) is 12.2. The summed E-state index contributed by atoms with van der Waals surface area (Å²) in [7, 11) is 0. The van der Waals surface area contributed by atoms with E-state index >= 15 is 0 Å². The van der Waals surface area contributed by atoms with Gasteiger partial charge in [0, 0.05) is 25.0 Å². The van der Waals surface area contributed by atoms with Gasteiger partial charge in [-0.15, -0.1) is 0 Å². The van der Waals surface area contributed by atoms with Crippen molar-refractivity contribution in [3.8, 4) is 0 Å². The number of carbonyl (C=O) groups is 1. The fourth-order valence-corrected chi connectivity index (χ4v) is 4.16. The minimum Gasteiger partial charge on any atom is -0.423 e. The summed E-state index contributed by atoms with van der Waals surface area (Å²) in [5, 5.41) is 3.32.